The molecule has 0 aliphatic rings. The number of ether oxygens (including phenoxy) is 1. The lowest BCUT2D eigenvalue weighted by Gasteiger charge is -2.02. The van der Waals surface area contributed by atoms with Crippen molar-refractivity contribution in [2.45, 2.75) is 0 Å². The van der Waals surface area contributed by atoms with Crippen molar-refractivity contribution in [3.05, 3.63) is 27.1 Å². The third kappa shape index (κ3) is 2.09. The van der Waals surface area contributed by atoms with Gasteiger partial charge in [0.25, 0.3) is 0 Å². The summed E-state index contributed by atoms with van der Waals surface area (Å²) in [6.07, 6.45) is 0. The largest absolute Gasteiger partial charge is 0.504 e. The maximum atomic E-state index is 12.9. The molecule has 3 nitrogen and oxygen atoms in total. The van der Waals surface area contributed by atoms with Gasteiger partial charge in [-0.05, 0) is 34.7 Å². The first-order valence-corrected chi connectivity index (χ1v) is 4.40. The Morgan fingerprint density at radius 3 is 2.69 bits per heavy atom. The molecule has 0 aliphatic carbocycles. The highest BCUT2D eigenvalue weighted by atomic mass is 127. The average Bonchev–Trinajstić information content (AvgIpc) is 2.12. The lowest BCUT2D eigenvalue weighted by molar-refractivity contribution is 0.0600. The standard InChI is InChI=1S/C8H6FIO3/c1-13-8(12)4-2-5(9)7(11)6(10)3-4/h2-3,11H,1H3. The molecular weight excluding hydrogens is 290 g/mol. The number of carbonyl (C=O) groups is 1. The van der Waals surface area contributed by atoms with Crippen molar-refractivity contribution in [2.24, 2.45) is 0 Å². The Labute approximate surface area is 87.7 Å². The molecular formula is C8H6FIO3. The van der Waals surface area contributed by atoms with Crippen molar-refractivity contribution in [2.75, 3.05) is 7.11 Å². The fourth-order valence-electron chi connectivity index (χ4n) is 0.801. The highest BCUT2D eigenvalue weighted by Gasteiger charge is 2.12. The highest BCUT2D eigenvalue weighted by molar-refractivity contribution is 14.1. The first-order valence-electron chi connectivity index (χ1n) is 3.32. The van der Waals surface area contributed by atoms with Gasteiger partial charge in [0, 0.05) is 0 Å². The first kappa shape index (κ1) is 10.2. The lowest BCUT2D eigenvalue weighted by atomic mass is 10.2. The molecule has 1 aromatic rings. The van der Waals surface area contributed by atoms with Gasteiger partial charge in [0.15, 0.2) is 11.6 Å². The van der Waals surface area contributed by atoms with E-state index in [2.05, 4.69) is 4.74 Å². The van der Waals surface area contributed by atoms with E-state index in [1.807, 2.05) is 0 Å². The minimum Gasteiger partial charge on any atom is -0.504 e. The van der Waals surface area contributed by atoms with Gasteiger partial charge in [-0.2, -0.15) is 0 Å². The Morgan fingerprint density at radius 2 is 2.23 bits per heavy atom. The second kappa shape index (κ2) is 3.91. The summed E-state index contributed by atoms with van der Waals surface area (Å²) in [6, 6.07) is 2.29. The van der Waals surface area contributed by atoms with E-state index in [0.29, 0.717) is 0 Å². The fraction of sp³-hybridized carbons (Fsp3) is 0.125. The van der Waals surface area contributed by atoms with Crippen LogP contribution < -0.4 is 0 Å². The first-order chi connectivity index (χ1) is 6.06. The molecule has 70 valence electrons. The van der Waals surface area contributed by atoms with E-state index in [0.717, 1.165) is 6.07 Å². The number of rotatable bonds is 1. The van der Waals surface area contributed by atoms with Crippen LogP contribution in [0.25, 0.3) is 0 Å². The molecule has 0 aromatic heterocycles. The predicted molar refractivity (Wildman–Crippen MR) is 52.1 cm³/mol. The molecule has 1 aromatic carbocycles. The van der Waals surface area contributed by atoms with Gasteiger partial charge in [-0.25, -0.2) is 9.18 Å². The second-order valence-corrected chi connectivity index (χ2v) is 3.44. The van der Waals surface area contributed by atoms with Crippen LogP contribution in [0.2, 0.25) is 0 Å². The molecule has 0 amide bonds. The van der Waals surface area contributed by atoms with Crippen molar-refractivity contribution in [3.63, 3.8) is 0 Å². The summed E-state index contributed by atoms with van der Waals surface area (Å²) in [6.45, 7) is 0. The summed E-state index contributed by atoms with van der Waals surface area (Å²) in [5.74, 6) is -1.91. The Morgan fingerprint density at radius 1 is 1.62 bits per heavy atom. The van der Waals surface area contributed by atoms with Crippen molar-refractivity contribution in [3.8, 4) is 5.75 Å². The van der Waals surface area contributed by atoms with E-state index in [4.69, 9.17) is 5.11 Å². The van der Waals surface area contributed by atoms with E-state index in [1.165, 1.54) is 13.2 Å². The normalized spacial score (nSPS) is 9.77. The topological polar surface area (TPSA) is 46.5 Å². The zero-order chi connectivity index (χ0) is 10.0. The minimum atomic E-state index is -0.827. The van der Waals surface area contributed by atoms with E-state index in [1.54, 1.807) is 22.6 Å². The van der Waals surface area contributed by atoms with E-state index < -0.39 is 17.5 Å². The molecule has 0 radical (unpaired) electrons. The van der Waals surface area contributed by atoms with Gasteiger partial charge in [0.1, 0.15) is 0 Å². The molecule has 0 saturated heterocycles. The van der Waals surface area contributed by atoms with Crippen molar-refractivity contribution < 1.29 is 19.0 Å². The Kier molecular flexibility index (Phi) is 3.07. The molecule has 0 heterocycles. The highest BCUT2D eigenvalue weighted by Crippen LogP contribution is 2.24. The predicted octanol–water partition coefficient (Wildman–Crippen LogP) is 1.92. The molecule has 0 unspecified atom stereocenters. The van der Waals surface area contributed by atoms with Gasteiger partial charge in [-0.1, -0.05) is 0 Å². The molecule has 1 rings (SSSR count). The number of phenolic OH excluding ortho intramolecular Hbond substituents is 1. The number of hydrogen-bond acceptors (Lipinski definition) is 3. The SMILES string of the molecule is COC(=O)c1cc(F)c(O)c(I)c1. The zero-order valence-corrected chi connectivity index (χ0v) is 8.83. The molecule has 5 heteroatoms. The van der Waals surface area contributed by atoms with Crippen LogP contribution in [0.3, 0.4) is 0 Å². The van der Waals surface area contributed by atoms with Crippen LogP contribution in [0.15, 0.2) is 12.1 Å². The van der Waals surface area contributed by atoms with Gasteiger partial charge in [0.2, 0.25) is 0 Å². The summed E-state index contributed by atoms with van der Waals surface area (Å²) in [5.41, 5.74) is 0.0854. The van der Waals surface area contributed by atoms with E-state index in [-0.39, 0.29) is 9.13 Å². The molecule has 1 N–H and O–H groups in total. The molecule has 0 fully saturated rings. The van der Waals surface area contributed by atoms with Gasteiger partial charge in [0.05, 0.1) is 16.2 Å². The maximum Gasteiger partial charge on any atom is 0.337 e. The van der Waals surface area contributed by atoms with Gasteiger partial charge in [-0.15, -0.1) is 0 Å². The van der Waals surface area contributed by atoms with Gasteiger partial charge in [-0.3, -0.25) is 0 Å². The molecule has 0 aliphatic heterocycles. The van der Waals surface area contributed by atoms with Crippen LogP contribution >= 0.6 is 22.6 Å². The van der Waals surface area contributed by atoms with Crippen LogP contribution in [0.5, 0.6) is 5.75 Å². The Bertz CT molecular complexity index is 328. The van der Waals surface area contributed by atoms with E-state index in [9.17, 15) is 9.18 Å². The number of benzene rings is 1. The van der Waals surface area contributed by atoms with Crippen molar-refractivity contribution >= 4 is 28.6 Å². The molecule has 0 saturated carbocycles. The minimum absolute atomic E-state index is 0.0854. The van der Waals surface area contributed by atoms with Crippen LogP contribution in [-0.2, 0) is 4.74 Å². The molecule has 0 atom stereocenters. The number of esters is 1. The van der Waals surface area contributed by atoms with Gasteiger partial charge >= 0.3 is 5.97 Å². The van der Waals surface area contributed by atoms with Crippen LogP contribution in [-0.4, -0.2) is 18.2 Å². The van der Waals surface area contributed by atoms with Crippen LogP contribution in [0, 0.1) is 9.39 Å². The number of aromatic hydroxyl groups is 1. The second-order valence-electron chi connectivity index (χ2n) is 2.28. The Hall–Kier alpha value is -0.850. The van der Waals surface area contributed by atoms with Crippen LogP contribution in [0.1, 0.15) is 10.4 Å². The fourth-order valence-corrected chi connectivity index (χ4v) is 1.39. The average molecular weight is 296 g/mol. The summed E-state index contributed by atoms with van der Waals surface area (Å²) in [7, 11) is 1.21. The zero-order valence-electron chi connectivity index (χ0n) is 6.67. The smallest absolute Gasteiger partial charge is 0.337 e. The van der Waals surface area contributed by atoms with Crippen LogP contribution in [0.4, 0.5) is 4.39 Å². The quantitative estimate of drug-likeness (QED) is 0.636. The van der Waals surface area contributed by atoms with Crippen molar-refractivity contribution in [1.29, 1.82) is 0 Å². The molecule has 13 heavy (non-hydrogen) atoms. The summed E-state index contributed by atoms with van der Waals surface area (Å²) in [4.78, 5) is 11.0. The monoisotopic (exact) mass is 296 g/mol. The number of halogens is 2. The summed E-state index contributed by atoms with van der Waals surface area (Å²) in [5, 5.41) is 9.05. The van der Waals surface area contributed by atoms with E-state index >= 15 is 0 Å². The number of methoxy groups -OCH3 is 1. The number of carbonyl (C=O) groups excluding carboxylic acids is 1. The maximum absolute atomic E-state index is 12.9. The third-order valence-corrected chi connectivity index (χ3v) is 2.26. The lowest BCUT2D eigenvalue weighted by Crippen LogP contribution is -2.02. The molecule has 0 spiro atoms. The van der Waals surface area contributed by atoms with Crippen molar-refractivity contribution in [1.82, 2.24) is 0 Å². The summed E-state index contributed by atoms with van der Waals surface area (Å²) >= 11 is 1.73. The summed E-state index contributed by atoms with van der Waals surface area (Å²) < 4.78 is 17.5. The Balaban J connectivity index is 3.20. The third-order valence-electron chi connectivity index (χ3n) is 1.44. The number of phenols is 1. The molecule has 0 bridgehead atoms. The number of hydrogen-bond donors (Lipinski definition) is 1. The van der Waals surface area contributed by atoms with Gasteiger partial charge < -0.3 is 9.84 Å².